The summed E-state index contributed by atoms with van der Waals surface area (Å²) >= 11 is 6.23. The lowest BCUT2D eigenvalue weighted by molar-refractivity contribution is 0.824. The lowest BCUT2D eigenvalue weighted by Gasteiger charge is -2.13. The third-order valence-electron chi connectivity index (χ3n) is 4.65. The van der Waals surface area contributed by atoms with Crippen molar-refractivity contribution >= 4 is 17.3 Å². The van der Waals surface area contributed by atoms with Crippen LogP contribution in [0.25, 0.3) is 11.1 Å². The van der Waals surface area contributed by atoms with Gasteiger partial charge in [0.25, 0.3) is 0 Å². The van der Waals surface area contributed by atoms with Crippen molar-refractivity contribution in [3.8, 4) is 11.1 Å². The monoisotopic (exact) mass is 319 g/mol. The first-order valence-corrected chi connectivity index (χ1v) is 8.30. The predicted molar refractivity (Wildman–Crippen MR) is 98.1 cm³/mol. The maximum absolute atomic E-state index is 6.23. The van der Waals surface area contributed by atoms with E-state index in [0.29, 0.717) is 6.04 Å². The molecular formula is C21H18ClN. The quantitative estimate of drug-likeness (QED) is 0.608. The number of nitrogens with one attached hydrogen (secondary N) is 1. The Kier molecular flexibility index (Phi) is 3.59. The van der Waals surface area contributed by atoms with E-state index in [0.717, 1.165) is 17.0 Å². The zero-order valence-corrected chi connectivity index (χ0v) is 13.8. The number of fused-ring (bicyclic) bond motifs is 1. The summed E-state index contributed by atoms with van der Waals surface area (Å²) in [6.07, 6.45) is 1.01. The highest BCUT2D eigenvalue weighted by atomic mass is 35.5. The molecule has 1 aliphatic heterocycles. The lowest BCUT2D eigenvalue weighted by atomic mass is 9.99. The summed E-state index contributed by atoms with van der Waals surface area (Å²) in [7, 11) is 0. The molecule has 114 valence electrons. The molecule has 0 aliphatic carbocycles. The first-order valence-electron chi connectivity index (χ1n) is 7.92. The average Bonchev–Trinajstić information content (AvgIpc) is 3.04. The van der Waals surface area contributed by atoms with Crippen LogP contribution in [0.3, 0.4) is 0 Å². The van der Waals surface area contributed by atoms with Crippen LogP contribution in [0, 0.1) is 6.92 Å². The van der Waals surface area contributed by atoms with Gasteiger partial charge in [-0.25, -0.2) is 0 Å². The number of benzene rings is 3. The van der Waals surface area contributed by atoms with E-state index in [1.807, 2.05) is 12.1 Å². The van der Waals surface area contributed by atoms with Gasteiger partial charge in [-0.3, -0.25) is 0 Å². The SMILES string of the molecule is Cc1c(Cl)ccc2c1NC(c1ccc(-c3ccccc3)cc1)C2. The molecule has 3 aromatic carbocycles. The van der Waals surface area contributed by atoms with Crippen LogP contribution in [0.4, 0.5) is 5.69 Å². The van der Waals surface area contributed by atoms with Crippen LogP contribution in [0.2, 0.25) is 5.02 Å². The number of halogens is 1. The molecule has 2 heteroatoms. The van der Waals surface area contributed by atoms with E-state index in [4.69, 9.17) is 11.6 Å². The summed E-state index contributed by atoms with van der Waals surface area (Å²) in [5.41, 5.74) is 7.52. The van der Waals surface area contributed by atoms with Crippen molar-refractivity contribution < 1.29 is 0 Å². The Hall–Kier alpha value is -2.25. The summed E-state index contributed by atoms with van der Waals surface area (Å²) in [5, 5.41) is 4.46. The van der Waals surface area contributed by atoms with Gasteiger partial charge in [-0.05, 0) is 47.2 Å². The molecule has 0 aromatic heterocycles. The largest absolute Gasteiger partial charge is 0.377 e. The summed E-state index contributed by atoms with van der Waals surface area (Å²) in [5.74, 6) is 0. The van der Waals surface area contributed by atoms with Crippen molar-refractivity contribution in [3.05, 3.63) is 88.4 Å². The van der Waals surface area contributed by atoms with Gasteiger partial charge in [0, 0.05) is 10.7 Å². The fraction of sp³-hybridized carbons (Fsp3) is 0.143. The van der Waals surface area contributed by atoms with Crippen molar-refractivity contribution in [1.29, 1.82) is 0 Å². The minimum Gasteiger partial charge on any atom is -0.377 e. The Labute approximate surface area is 141 Å². The van der Waals surface area contributed by atoms with Gasteiger partial charge in [0.2, 0.25) is 0 Å². The highest BCUT2D eigenvalue weighted by Gasteiger charge is 2.24. The van der Waals surface area contributed by atoms with Crippen molar-refractivity contribution in [3.63, 3.8) is 0 Å². The number of anilines is 1. The number of hydrogen-bond donors (Lipinski definition) is 1. The van der Waals surface area contributed by atoms with Crippen LogP contribution in [-0.4, -0.2) is 0 Å². The summed E-state index contributed by atoms with van der Waals surface area (Å²) in [4.78, 5) is 0. The second-order valence-electron chi connectivity index (χ2n) is 6.10. The Morgan fingerprint density at radius 1 is 0.870 bits per heavy atom. The van der Waals surface area contributed by atoms with Gasteiger partial charge < -0.3 is 5.32 Å². The highest BCUT2D eigenvalue weighted by molar-refractivity contribution is 6.31. The van der Waals surface area contributed by atoms with Crippen LogP contribution in [0.15, 0.2) is 66.7 Å². The van der Waals surface area contributed by atoms with E-state index in [1.165, 1.54) is 27.9 Å². The first-order chi connectivity index (χ1) is 11.2. The molecule has 1 aliphatic rings. The molecule has 1 N–H and O–H groups in total. The van der Waals surface area contributed by atoms with E-state index < -0.39 is 0 Å². The third kappa shape index (κ3) is 2.62. The van der Waals surface area contributed by atoms with Crippen LogP contribution < -0.4 is 5.32 Å². The third-order valence-corrected chi connectivity index (χ3v) is 5.06. The van der Waals surface area contributed by atoms with E-state index in [1.54, 1.807) is 0 Å². The smallest absolute Gasteiger partial charge is 0.0555 e. The van der Waals surface area contributed by atoms with Crippen molar-refractivity contribution in [1.82, 2.24) is 0 Å². The van der Waals surface area contributed by atoms with Crippen LogP contribution in [0.5, 0.6) is 0 Å². The van der Waals surface area contributed by atoms with Gasteiger partial charge in [-0.1, -0.05) is 72.3 Å². The van der Waals surface area contributed by atoms with Gasteiger partial charge in [-0.15, -0.1) is 0 Å². The maximum Gasteiger partial charge on any atom is 0.0555 e. The van der Waals surface area contributed by atoms with E-state index >= 15 is 0 Å². The van der Waals surface area contributed by atoms with E-state index in [9.17, 15) is 0 Å². The number of hydrogen-bond acceptors (Lipinski definition) is 1. The second-order valence-corrected chi connectivity index (χ2v) is 6.50. The Morgan fingerprint density at radius 3 is 2.30 bits per heavy atom. The maximum atomic E-state index is 6.23. The molecule has 0 saturated heterocycles. The molecule has 0 bridgehead atoms. The summed E-state index contributed by atoms with van der Waals surface area (Å²) < 4.78 is 0. The molecule has 0 amide bonds. The highest BCUT2D eigenvalue weighted by Crippen LogP contribution is 2.39. The molecule has 0 fully saturated rings. The molecule has 23 heavy (non-hydrogen) atoms. The van der Waals surface area contributed by atoms with Gasteiger partial charge in [0.15, 0.2) is 0 Å². The zero-order chi connectivity index (χ0) is 15.8. The van der Waals surface area contributed by atoms with Gasteiger partial charge in [-0.2, -0.15) is 0 Å². The molecular weight excluding hydrogens is 302 g/mol. The van der Waals surface area contributed by atoms with Gasteiger partial charge in [0.05, 0.1) is 6.04 Å². The fourth-order valence-corrected chi connectivity index (χ4v) is 3.46. The minimum atomic E-state index is 0.326. The lowest BCUT2D eigenvalue weighted by Crippen LogP contribution is -2.05. The normalized spacial score (nSPS) is 16.0. The Bertz CT molecular complexity index is 838. The Balaban J connectivity index is 1.60. The summed E-state index contributed by atoms with van der Waals surface area (Å²) in [6.45, 7) is 2.08. The molecule has 0 spiro atoms. The molecule has 0 radical (unpaired) electrons. The first kappa shape index (κ1) is 14.3. The minimum absolute atomic E-state index is 0.326. The van der Waals surface area contributed by atoms with Crippen LogP contribution in [0.1, 0.15) is 22.7 Å². The zero-order valence-electron chi connectivity index (χ0n) is 13.0. The van der Waals surface area contributed by atoms with Crippen molar-refractivity contribution in [2.75, 3.05) is 5.32 Å². The number of rotatable bonds is 2. The van der Waals surface area contributed by atoms with Crippen LogP contribution in [-0.2, 0) is 6.42 Å². The predicted octanol–water partition coefficient (Wildman–Crippen LogP) is 6.02. The Morgan fingerprint density at radius 2 is 1.57 bits per heavy atom. The summed E-state index contributed by atoms with van der Waals surface area (Å²) in [6, 6.07) is 23.8. The fourth-order valence-electron chi connectivity index (χ4n) is 3.30. The van der Waals surface area contributed by atoms with Crippen molar-refractivity contribution in [2.45, 2.75) is 19.4 Å². The molecule has 1 nitrogen and oxygen atoms in total. The standard InChI is InChI=1S/C21H18ClN/c1-14-19(22)12-11-18-13-20(23-21(14)18)17-9-7-16(8-10-17)15-5-3-2-4-6-15/h2-12,20,23H,13H2,1H3. The molecule has 1 atom stereocenters. The second kappa shape index (κ2) is 5.75. The molecule has 1 unspecified atom stereocenters. The van der Waals surface area contributed by atoms with E-state index in [-0.39, 0.29) is 0 Å². The van der Waals surface area contributed by atoms with E-state index in [2.05, 4.69) is 66.8 Å². The molecule has 1 heterocycles. The average molecular weight is 320 g/mol. The van der Waals surface area contributed by atoms with Crippen molar-refractivity contribution in [2.24, 2.45) is 0 Å². The molecule has 4 rings (SSSR count). The van der Waals surface area contributed by atoms with Crippen LogP contribution >= 0.6 is 11.6 Å². The molecule has 3 aromatic rings. The van der Waals surface area contributed by atoms with Gasteiger partial charge in [0.1, 0.15) is 0 Å². The molecule has 0 saturated carbocycles. The van der Waals surface area contributed by atoms with Gasteiger partial charge >= 0.3 is 0 Å². The topological polar surface area (TPSA) is 12.0 Å².